The topological polar surface area (TPSA) is 56.8 Å². The van der Waals surface area contributed by atoms with Crippen LogP contribution in [0.4, 0.5) is 11.4 Å². The van der Waals surface area contributed by atoms with E-state index >= 15 is 0 Å². The summed E-state index contributed by atoms with van der Waals surface area (Å²) in [6.45, 7) is 0. The molecule has 0 unspecified atom stereocenters. The summed E-state index contributed by atoms with van der Waals surface area (Å²) >= 11 is 0. The molecule has 0 fully saturated rings. The number of anilines is 2. The molecule has 2 aromatic carbocycles. The van der Waals surface area contributed by atoms with Gasteiger partial charge in [-0.2, -0.15) is 0 Å². The number of ether oxygens (including phenoxy) is 3. The number of esters is 1. The number of hydrogen-bond acceptors (Lipinski definition) is 5. The molecule has 110 valence electrons. The third kappa shape index (κ3) is 3.08. The number of nitrogens with one attached hydrogen (secondary N) is 1. The molecular formula is C16H17NO4. The van der Waals surface area contributed by atoms with E-state index in [4.69, 9.17) is 14.2 Å². The van der Waals surface area contributed by atoms with E-state index in [2.05, 4.69) is 5.32 Å². The summed E-state index contributed by atoms with van der Waals surface area (Å²) in [6, 6.07) is 12.5. The van der Waals surface area contributed by atoms with Gasteiger partial charge in [-0.3, -0.25) is 0 Å². The lowest BCUT2D eigenvalue weighted by atomic mass is 10.1. The van der Waals surface area contributed by atoms with Gasteiger partial charge in [-0.25, -0.2) is 4.79 Å². The minimum Gasteiger partial charge on any atom is -0.494 e. The molecular weight excluding hydrogens is 270 g/mol. The van der Waals surface area contributed by atoms with Crippen LogP contribution >= 0.6 is 0 Å². The van der Waals surface area contributed by atoms with Crippen molar-refractivity contribution in [2.75, 3.05) is 26.6 Å². The second-order valence-corrected chi connectivity index (χ2v) is 4.20. The molecule has 2 rings (SSSR count). The third-order valence-electron chi connectivity index (χ3n) is 3.02. The molecule has 0 heterocycles. The molecule has 5 nitrogen and oxygen atoms in total. The van der Waals surface area contributed by atoms with Gasteiger partial charge in [-0.1, -0.05) is 18.2 Å². The Morgan fingerprint density at radius 2 is 1.52 bits per heavy atom. The van der Waals surface area contributed by atoms with Crippen molar-refractivity contribution < 1.29 is 19.0 Å². The molecule has 0 amide bonds. The van der Waals surface area contributed by atoms with Crippen LogP contribution in [-0.4, -0.2) is 27.3 Å². The van der Waals surface area contributed by atoms with Gasteiger partial charge in [-0.05, 0) is 24.3 Å². The second kappa shape index (κ2) is 6.65. The zero-order valence-electron chi connectivity index (χ0n) is 12.2. The summed E-state index contributed by atoms with van der Waals surface area (Å²) in [5.41, 5.74) is 1.71. The number of para-hydroxylation sites is 2. The maximum atomic E-state index is 11.8. The summed E-state index contributed by atoms with van der Waals surface area (Å²) in [5.74, 6) is 0.829. The summed E-state index contributed by atoms with van der Waals surface area (Å²) in [6.07, 6.45) is 0. The molecule has 0 aliphatic heterocycles. The van der Waals surface area contributed by atoms with Gasteiger partial charge in [-0.15, -0.1) is 0 Å². The SMILES string of the molecule is COC(=O)c1ccccc1Nc1c(OC)cccc1OC. The normalized spacial score (nSPS) is 9.86. The van der Waals surface area contributed by atoms with Crippen molar-refractivity contribution in [1.82, 2.24) is 0 Å². The van der Waals surface area contributed by atoms with Gasteiger partial charge in [0, 0.05) is 0 Å². The van der Waals surface area contributed by atoms with Gasteiger partial charge >= 0.3 is 5.97 Å². The molecule has 0 radical (unpaired) electrons. The number of benzene rings is 2. The zero-order valence-corrected chi connectivity index (χ0v) is 12.2. The Bertz CT molecular complexity index is 618. The van der Waals surface area contributed by atoms with Crippen molar-refractivity contribution in [3.63, 3.8) is 0 Å². The second-order valence-electron chi connectivity index (χ2n) is 4.20. The van der Waals surface area contributed by atoms with Gasteiger partial charge in [0.2, 0.25) is 0 Å². The predicted octanol–water partition coefficient (Wildman–Crippen LogP) is 3.23. The highest BCUT2D eigenvalue weighted by atomic mass is 16.5. The Labute approximate surface area is 123 Å². The minimum atomic E-state index is -0.410. The molecule has 0 saturated heterocycles. The fourth-order valence-electron chi connectivity index (χ4n) is 1.99. The maximum absolute atomic E-state index is 11.8. The van der Waals surface area contributed by atoms with Crippen LogP contribution in [0, 0.1) is 0 Å². The van der Waals surface area contributed by atoms with Crippen molar-refractivity contribution >= 4 is 17.3 Å². The molecule has 0 aliphatic carbocycles. The molecule has 21 heavy (non-hydrogen) atoms. The van der Waals surface area contributed by atoms with Crippen LogP contribution in [0.5, 0.6) is 11.5 Å². The molecule has 0 bridgehead atoms. The largest absolute Gasteiger partial charge is 0.494 e. The van der Waals surface area contributed by atoms with Crippen LogP contribution in [-0.2, 0) is 4.74 Å². The van der Waals surface area contributed by atoms with Crippen molar-refractivity contribution in [3.8, 4) is 11.5 Å². The van der Waals surface area contributed by atoms with Gasteiger partial charge < -0.3 is 19.5 Å². The maximum Gasteiger partial charge on any atom is 0.339 e. The standard InChI is InChI=1S/C16H17NO4/c1-19-13-9-6-10-14(20-2)15(13)17-12-8-5-4-7-11(12)16(18)21-3/h4-10,17H,1-3H3. The van der Waals surface area contributed by atoms with Crippen molar-refractivity contribution in [1.29, 1.82) is 0 Å². The smallest absolute Gasteiger partial charge is 0.339 e. The lowest BCUT2D eigenvalue weighted by Gasteiger charge is -2.16. The molecule has 0 spiro atoms. The number of carbonyl (C=O) groups excluding carboxylic acids is 1. The fraction of sp³-hybridized carbons (Fsp3) is 0.188. The Hall–Kier alpha value is -2.69. The zero-order chi connectivity index (χ0) is 15.2. The van der Waals surface area contributed by atoms with Gasteiger partial charge in [0.1, 0.15) is 17.2 Å². The van der Waals surface area contributed by atoms with Gasteiger partial charge in [0.25, 0.3) is 0 Å². The number of hydrogen-bond donors (Lipinski definition) is 1. The van der Waals surface area contributed by atoms with Gasteiger partial charge in [0.15, 0.2) is 0 Å². The molecule has 0 aromatic heterocycles. The monoisotopic (exact) mass is 287 g/mol. The highest BCUT2D eigenvalue weighted by molar-refractivity contribution is 5.97. The summed E-state index contributed by atoms with van der Waals surface area (Å²) in [4.78, 5) is 11.8. The first-order valence-corrected chi connectivity index (χ1v) is 6.36. The summed E-state index contributed by atoms with van der Waals surface area (Å²) in [5, 5.41) is 3.18. The number of rotatable bonds is 5. The van der Waals surface area contributed by atoms with E-state index in [1.807, 2.05) is 24.3 Å². The average Bonchev–Trinajstić information content (AvgIpc) is 2.54. The number of methoxy groups -OCH3 is 3. The fourth-order valence-corrected chi connectivity index (χ4v) is 1.99. The first kappa shape index (κ1) is 14.7. The van der Waals surface area contributed by atoms with E-state index in [0.29, 0.717) is 28.4 Å². The first-order valence-electron chi connectivity index (χ1n) is 6.36. The molecule has 1 N–H and O–H groups in total. The van der Waals surface area contributed by atoms with E-state index in [9.17, 15) is 4.79 Å². The molecule has 0 aliphatic rings. The van der Waals surface area contributed by atoms with E-state index < -0.39 is 5.97 Å². The minimum absolute atomic E-state index is 0.410. The van der Waals surface area contributed by atoms with Crippen molar-refractivity contribution in [2.45, 2.75) is 0 Å². The predicted molar refractivity (Wildman–Crippen MR) is 80.6 cm³/mol. The van der Waals surface area contributed by atoms with E-state index in [-0.39, 0.29) is 0 Å². The lowest BCUT2D eigenvalue weighted by molar-refractivity contribution is 0.0602. The van der Waals surface area contributed by atoms with E-state index in [0.717, 1.165) is 0 Å². The van der Waals surface area contributed by atoms with E-state index in [1.54, 1.807) is 32.4 Å². The highest BCUT2D eigenvalue weighted by Crippen LogP contribution is 2.37. The Morgan fingerprint density at radius 1 is 0.905 bits per heavy atom. The molecule has 0 atom stereocenters. The molecule has 5 heteroatoms. The van der Waals surface area contributed by atoms with Crippen LogP contribution in [0.3, 0.4) is 0 Å². The summed E-state index contributed by atoms with van der Waals surface area (Å²) in [7, 11) is 4.50. The first-order chi connectivity index (χ1) is 10.2. The van der Waals surface area contributed by atoms with Crippen LogP contribution in [0.2, 0.25) is 0 Å². The van der Waals surface area contributed by atoms with Crippen molar-refractivity contribution in [2.24, 2.45) is 0 Å². The Kier molecular flexibility index (Phi) is 4.66. The van der Waals surface area contributed by atoms with Gasteiger partial charge in [0.05, 0.1) is 32.6 Å². The van der Waals surface area contributed by atoms with Crippen LogP contribution in [0.15, 0.2) is 42.5 Å². The lowest BCUT2D eigenvalue weighted by Crippen LogP contribution is -2.06. The van der Waals surface area contributed by atoms with Crippen LogP contribution in [0.25, 0.3) is 0 Å². The number of carbonyl (C=O) groups is 1. The average molecular weight is 287 g/mol. The highest BCUT2D eigenvalue weighted by Gasteiger charge is 2.15. The van der Waals surface area contributed by atoms with Crippen molar-refractivity contribution in [3.05, 3.63) is 48.0 Å². The quantitative estimate of drug-likeness (QED) is 0.856. The Morgan fingerprint density at radius 3 is 2.10 bits per heavy atom. The molecule has 0 saturated carbocycles. The molecule has 2 aromatic rings. The Balaban J connectivity index is 2.46. The summed E-state index contributed by atoms with van der Waals surface area (Å²) < 4.78 is 15.4. The van der Waals surface area contributed by atoms with Crippen LogP contribution in [0.1, 0.15) is 10.4 Å². The third-order valence-corrected chi connectivity index (χ3v) is 3.02. The van der Waals surface area contributed by atoms with Crippen LogP contribution < -0.4 is 14.8 Å². The van der Waals surface area contributed by atoms with E-state index in [1.165, 1.54) is 7.11 Å².